The van der Waals surface area contributed by atoms with Gasteiger partial charge in [0.25, 0.3) is 0 Å². The standard InChI is InChI=1S/C12H20N4O2S/c1-3-4-10-15-11(13)8(2)12(16-10)14-9-5-6-19(17,18)7-9/h9H,3-7H2,1-2H3,(H3,13,14,15,16). The molecule has 1 aromatic rings. The molecule has 6 nitrogen and oxygen atoms in total. The Labute approximate surface area is 113 Å². The zero-order valence-corrected chi connectivity index (χ0v) is 12.1. The fourth-order valence-electron chi connectivity index (χ4n) is 2.16. The number of hydrogen-bond acceptors (Lipinski definition) is 6. The quantitative estimate of drug-likeness (QED) is 0.853. The van der Waals surface area contributed by atoms with Crippen molar-refractivity contribution in [2.24, 2.45) is 0 Å². The van der Waals surface area contributed by atoms with Gasteiger partial charge in [-0.3, -0.25) is 0 Å². The second-order valence-electron chi connectivity index (χ2n) is 4.99. The third-order valence-corrected chi connectivity index (χ3v) is 5.04. The van der Waals surface area contributed by atoms with Crippen LogP contribution in [0, 0.1) is 6.92 Å². The Bertz CT molecular complexity index is 571. The minimum Gasteiger partial charge on any atom is -0.383 e. The van der Waals surface area contributed by atoms with Crippen molar-refractivity contribution in [1.29, 1.82) is 0 Å². The molecule has 0 radical (unpaired) electrons. The molecule has 19 heavy (non-hydrogen) atoms. The highest BCUT2D eigenvalue weighted by Crippen LogP contribution is 2.22. The molecule has 0 bridgehead atoms. The predicted octanol–water partition coefficient (Wildman–Crippen LogP) is 0.919. The van der Waals surface area contributed by atoms with Crippen LogP contribution >= 0.6 is 0 Å². The highest BCUT2D eigenvalue weighted by Gasteiger charge is 2.28. The Hall–Kier alpha value is -1.37. The van der Waals surface area contributed by atoms with Crippen LogP contribution in [0.3, 0.4) is 0 Å². The van der Waals surface area contributed by atoms with E-state index in [1.165, 1.54) is 0 Å². The summed E-state index contributed by atoms with van der Waals surface area (Å²) in [6.45, 7) is 3.90. The number of sulfone groups is 1. The van der Waals surface area contributed by atoms with Gasteiger partial charge < -0.3 is 11.1 Å². The molecule has 1 aliphatic rings. The van der Waals surface area contributed by atoms with Gasteiger partial charge in [0, 0.05) is 18.0 Å². The van der Waals surface area contributed by atoms with Crippen LogP contribution in [0.25, 0.3) is 0 Å². The van der Waals surface area contributed by atoms with Crippen LogP contribution in [0.15, 0.2) is 0 Å². The summed E-state index contributed by atoms with van der Waals surface area (Å²) in [7, 11) is -2.90. The van der Waals surface area contributed by atoms with Gasteiger partial charge in [0.05, 0.1) is 11.5 Å². The summed E-state index contributed by atoms with van der Waals surface area (Å²) in [6.07, 6.45) is 2.33. The zero-order chi connectivity index (χ0) is 14.0. The predicted molar refractivity (Wildman–Crippen MR) is 75.9 cm³/mol. The summed E-state index contributed by atoms with van der Waals surface area (Å²) in [5, 5.41) is 3.19. The molecule has 0 aromatic carbocycles. The Balaban J connectivity index is 2.20. The smallest absolute Gasteiger partial charge is 0.152 e. The van der Waals surface area contributed by atoms with Crippen molar-refractivity contribution < 1.29 is 8.42 Å². The van der Waals surface area contributed by atoms with Crippen LogP contribution in [-0.2, 0) is 16.3 Å². The Kier molecular flexibility index (Phi) is 3.93. The minimum absolute atomic E-state index is 0.0764. The van der Waals surface area contributed by atoms with E-state index in [9.17, 15) is 8.42 Å². The maximum atomic E-state index is 11.5. The van der Waals surface area contributed by atoms with E-state index in [0.717, 1.165) is 18.4 Å². The van der Waals surface area contributed by atoms with Crippen molar-refractivity contribution >= 4 is 21.5 Å². The first kappa shape index (κ1) is 14.0. The van der Waals surface area contributed by atoms with Crippen molar-refractivity contribution in [3.63, 3.8) is 0 Å². The van der Waals surface area contributed by atoms with Crippen LogP contribution < -0.4 is 11.1 Å². The van der Waals surface area contributed by atoms with Gasteiger partial charge in [0.1, 0.15) is 17.5 Å². The molecule has 2 heterocycles. The van der Waals surface area contributed by atoms with Gasteiger partial charge >= 0.3 is 0 Å². The lowest BCUT2D eigenvalue weighted by Gasteiger charge is -2.15. The van der Waals surface area contributed by atoms with Gasteiger partial charge in [-0.15, -0.1) is 0 Å². The zero-order valence-electron chi connectivity index (χ0n) is 11.3. The maximum Gasteiger partial charge on any atom is 0.152 e. The summed E-state index contributed by atoms with van der Waals surface area (Å²) >= 11 is 0. The average Bonchev–Trinajstić information content (AvgIpc) is 2.65. The molecule has 1 atom stereocenters. The Morgan fingerprint density at radius 2 is 2.16 bits per heavy atom. The number of nitrogens with one attached hydrogen (secondary N) is 1. The Morgan fingerprint density at radius 3 is 2.74 bits per heavy atom. The number of nitrogens with two attached hydrogens (primary N) is 1. The van der Waals surface area contributed by atoms with Gasteiger partial charge in [0.15, 0.2) is 9.84 Å². The van der Waals surface area contributed by atoms with E-state index in [1.807, 2.05) is 6.92 Å². The number of rotatable bonds is 4. The van der Waals surface area contributed by atoms with Crippen molar-refractivity contribution in [3.05, 3.63) is 11.4 Å². The van der Waals surface area contributed by atoms with E-state index < -0.39 is 9.84 Å². The van der Waals surface area contributed by atoms with Crippen molar-refractivity contribution in [2.75, 3.05) is 22.6 Å². The third-order valence-electron chi connectivity index (χ3n) is 3.28. The number of aromatic nitrogens is 2. The first-order chi connectivity index (χ1) is 8.91. The van der Waals surface area contributed by atoms with E-state index in [2.05, 4.69) is 22.2 Å². The summed E-state index contributed by atoms with van der Waals surface area (Å²) in [6, 6.07) is -0.0764. The van der Waals surface area contributed by atoms with Crippen LogP contribution in [0.4, 0.5) is 11.6 Å². The first-order valence-electron chi connectivity index (χ1n) is 6.51. The van der Waals surface area contributed by atoms with Gasteiger partial charge in [-0.2, -0.15) is 0 Å². The summed E-state index contributed by atoms with van der Waals surface area (Å²) < 4.78 is 22.9. The molecule has 1 fully saturated rings. The minimum atomic E-state index is -2.90. The van der Waals surface area contributed by atoms with E-state index in [-0.39, 0.29) is 17.5 Å². The van der Waals surface area contributed by atoms with E-state index >= 15 is 0 Å². The number of anilines is 2. The number of nitrogens with zero attached hydrogens (tertiary/aromatic N) is 2. The second-order valence-corrected chi connectivity index (χ2v) is 7.22. The van der Waals surface area contributed by atoms with E-state index in [4.69, 9.17) is 5.73 Å². The molecular formula is C12H20N4O2S. The Morgan fingerprint density at radius 1 is 1.42 bits per heavy atom. The van der Waals surface area contributed by atoms with Crippen molar-refractivity contribution in [1.82, 2.24) is 9.97 Å². The topological polar surface area (TPSA) is 98.0 Å². The molecular weight excluding hydrogens is 264 g/mol. The highest BCUT2D eigenvalue weighted by atomic mass is 32.2. The molecule has 106 valence electrons. The second kappa shape index (κ2) is 5.32. The molecule has 1 aliphatic heterocycles. The molecule has 1 unspecified atom stereocenters. The van der Waals surface area contributed by atoms with Gasteiger partial charge in [0.2, 0.25) is 0 Å². The third kappa shape index (κ3) is 3.34. The number of hydrogen-bond donors (Lipinski definition) is 2. The molecule has 0 spiro atoms. The lowest BCUT2D eigenvalue weighted by atomic mass is 10.2. The van der Waals surface area contributed by atoms with E-state index in [1.54, 1.807) is 0 Å². The lowest BCUT2D eigenvalue weighted by molar-refractivity contribution is 0.602. The summed E-state index contributed by atoms with van der Waals surface area (Å²) in [5.74, 6) is 2.24. The first-order valence-corrected chi connectivity index (χ1v) is 8.33. The molecule has 2 rings (SSSR count). The van der Waals surface area contributed by atoms with Gasteiger partial charge in [-0.1, -0.05) is 6.92 Å². The average molecular weight is 284 g/mol. The molecule has 3 N–H and O–H groups in total. The molecule has 1 saturated heterocycles. The number of aryl methyl sites for hydroxylation is 1. The normalized spacial score (nSPS) is 21.5. The van der Waals surface area contributed by atoms with Crippen LogP contribution in [0.1, 0.15) is 31.2 Å². The van der Waals surface area contributed by atoms with Crippen molar-refractivity contribution in [2.45, 2.75) is 39.2 Å². The molecule has 0 saturated carbocycles. The van der Waals surface area contributed by atoms with Crippen LogP contribution in [0.2, 0.25) is 0 Å². The molecule has 0 amide bonds. The lowest BCUT2D eigenvalue weighted by Crippen LogP contribution is -2.22. The maximum absolute atomic E-state index is 11.5. The van der Waals surface area contributed by atoms with Crippen LogP contribution in [0.5, 0.6) is 0 Å². The molecule has 1 aromatic heterocycles. The fourth-order valence-corrected chi connectivity index (χ4v) is 3.83. The molecule has 7 heteroatoms. The van der Waals surface area contributed by atoms with Gasteiger partial charge in [-0.05, 0) is 19.8 Å². The summed E-state index contributed by atoms with van der Waals surface area (Å²) in [5.41, 5.74) is 6.65. The monoisotopic (exact) mass is 284 g/mol. The highest BCUT2D eigenvalue weighted by molar-refractivity contribution is 7.91. The largest absolute Gasteiger partial charge is 0.383 e. The van der Waals surface area contributed by atoms with Crippen LogP contribution in [-0.4, -0.2) is 35.9 Å². The fraction of sp³-hybridized carbons (Fsp3) is 0.667. The van der Waals surface area contributed by atoms with E-state index in [0.29, 0.717) is 23.9 Å². The number of nitrogen functional groups attached to an aromatic ring is 1. The van der Waals surface area contributed by atoms with Crippen molar-refractivity contribution in [3.8, 4) is 0 Å². The van der Waals surface area contributed by atoms with Gasteiger partial charge in [-0.25, -0.2) is 18.4 Å². The molecule has 0 aliphatic carbocycles. The summed E-state index contributed by atoms with van der Waals surface area (Å²) in [4.78, 5) is 8.67. The SMILES string of the molecule is CCCc1nc(N)c(C)c(NC2CCS(=O)(=O)C2)n1.